The maximum atomic E-state index is 9.98. The van der Waals surface area contributed by atoms with Gasteiger partial charge in [-0.1, -0.05) is 6.07 Å². The molecule has 0 unspecified atom stereocenters. The third-order valence-electron chi connectivity index (χ3n) is 3.64. The van der Waals surface area contributed by atoms with Crippen molar-refractivity contribution in [2.75, 3.05) is 5.32 Å². The van der Waals surface area contributed by atoms with Crippen LogP contribution in [0.15, 0.2) is 23.7 Å². The summed E-state index contributed by atoms with van der Waals surface area (Å²) in [6.45, 7) is 6.54. The molecule has 0 aliphatic heterocycles. The molecule has 5 heteroatoms. The fourth-order valence-electron chi connectivity index (χ4n) is 2.36. The minimum Gasteiger partial charge on any atom is -0.507 e. The number of nitrogens with one attached hydrogen (secondary N) is 1. The number of hydrogen-bond donors (Lipinski definition) is 2. The fourth-order valence-corrected chi connectivity index (χ4v) is 3.14. The van der Waals surface area contributed by atoms with Crippen LogP contribution in [0.3, 0.4) is 0 Å². The third-order valence-corrected chi connectivity index (χ3v) is 4.40. The second-order valence-electron chi connectivity index (χ2n) is 4.96. The number of nitrogens with zero attached hydrogens (tertiary/aromatic N) is 2. The molecule has 20 heavy (non-hydrogen) atoms. The van der Waals surface area contributed by atoms with E-state index in [9.17, 15) is 5.11 Å². The number of anilines is 1. The quantitative estimate of drug-likeness (QED) is 0.773. The molecule has 2 N–H and O–H groups in total. The largest absolute Gasteiger partial charge is 0.507 e. The van der Waals surface area contributed by atoms with Gasteiger partial charge in [-0.2, -0.15) is 0 Å². The van der Waals surface area contributed by atoms with E-state index in [4.69, 9.17) is 0 Å². The zero-order valence-corrected chi connectivity index (χ0v) is 12.6. The first-order chi connectivity index (χ1) is 9.58. The van der Waals surface area contributed by atoms with Gasteiger partial charge in [0.25, 0.3) is 0 Å². The van der Waals surface area contributed by atoms with Crippen LogP contribution in [0.5, 0.6) is 5.75 Å². The molecule has 0 amide bonds. The van der Waals surface area contributed by atoms with Crippen molar-refractivity contribution >= 4 is 22.0 Å². The normalized spacial score (nSPS) is 11.2. The molecule has 0 saturated carbocycles. The average molecular weight is 287 g/mol. The number of imidazole rings is 1. The smallest absolute Gasteiger partial charge is 0.194 e. The summed E-state index contributed by atoms with van der Waals surface area (Å²) >= 11 is 1.64. The van der Waals surface area contributed by atoms with Crippen molar-refractivity contribution in [3.63, 3.8) is 0 Å². The van der Waals surface area contributed by atoms with Gasteiger partial charge in [0.1, 0.15) is 5.75 Å². The zero-order valence-electron chi connectivity index (χ0n) is 11.8. The highest BCUT2D eigenvalue weighted by molar-refractivity contribution is 7.15. The number of thiazole rings is 1. The van der Waals surface area contributed by atoms with Crippen LogP contribution in [0, 0.1) is 20.8 Å². The van der Waals surface area contributed by atoms with Crippen molar-refractivity contribution in [1.29, 1.82) is 0 Å². The number of aromatic hydroxyl groups is 1. The Hall–Kier alpha value is -2.01. The molecular formula is C15H17N3OS. The predicted octanol–water partition coefficient (Wildman–Crippen LogP) is 3.64. The van der Waals surface area contributed by atoms with Crippen LogP contribution < -0.4 is 5.32 Å². The minimum absolute atomic E-state index is 0.362. The van der Waals surface area contributed by atoms with Crippen LogP contribution in [0.2, 0.25) is 0 Å². The average Bonchev–Trinajstić information content (AvgIpc) is 2.97. The van der Waals surface area contributed by atoms with Crippen molar-refractivity contribution < 1.29 is 5.11 Å². The summed E-state index contributed by atoms with van der Waals surface area (Å²) in [5.41, 5.74) is 4.93. The minimum atomic E-state index is 0.362. The molecule has 3 aromatic rings. The standard InChI is InChI=1S/C15H17N3OS/c1-9-4-5-12(10(2)14(9)19)16-8-13-11(3)17-15-18(13)6-7-20-15/h4-7,16,19H,8H2,1-3H3. The van der Waals surface area contributed by atoms with Crippen LogP contribution in [-0.2, 0) is 6.54 Å². The second kappa shape index (κ2) is 4.83. The Labute approximate surface area is 121 Å². The summed E-state index contributed by atoms with van der Waals surface area (Å²) in [7, 11) is 0. The van der Waals surface area contributed by atoms with E-state index in [-0.39, 0.29) is 0 Å². The number of aromatic nitrogens is 2. The molecule has 4 nitrogen and oxygen atoms in total. The summed E-state index contributed by atoms with van der Waals surface area (Å²) in [5.74, 6) is 0.362. The molecule has 2 aromatic heterocycles. The Balaban J connectivity index is 1.88. The van der Waals surface area contributed by atoms with Crippen molar-refractivity contribution in [3.05, 3.63) is 46.2 Å². The van der Waals surface area contributed by atoms with Crippen molar-refractivity contribution in [3.8, 4) is 5.75 Å². The van der Waals surface area contributed by atoms with E-state index in [0.717, 1.165) is 33.2 Å². The Morgan fingerprint density at radius 2 is 2.10 bits per heavy atom. The molecule has 0 aliphatic rings. The number of hydrogen-bond acceptors (Lipinski definition) is 4. The lowest BCUT2D eigenvalue weighted by Crippen LogP contribution is -2.05. The first-order valence-electron chi connectivity index (χ1n) is 6.52. The van der Waals surface area contributed by atoms with Crippen molar-refractivity contribution in [2.45, 2.75) is 27.3 Å². The SMILES string of the molecule is Cc1ccc(NCc2c(C)nc3sccn23)c(C)c1O. The molecule has 0 fully saturated rings. The fraction of sp³-hybridized carbons (Fsp3) is 0.267. The molecule has 0 saturated heterocycles. The Morgan fingerprint density at radius 3 is 2.90 bits per heavy atom. The highest BCUT2D eigenvalue weighted by atomic mass is 32.1. The molecule has 0 spiro atoms. The maximum Gasteiger partial charge on any atom is 0.194 e. The topological polar surface area (TPSA) is 49.6 Å². The van der Waals surface area contributed by atoms with E-state index in [0.29, 0.717) is 12.3 Å². The molecule has 0 atom stereocenters. The van der Waals surface area contributed by atoms with Crippen LogP contribution in [-0.4, -0.2) is 14.5 Å². The molecule has 2 heterocycles. The molecule has 104 valence electrons. The lowest BCUT2D eigenvalue weighted by atomic mass is 10.1. The van der Waals surface area contributed by atoms with Gasteiger partial charge < -0.3 is 10.4 Å². The number of phenolic OH excluding ortho intramolecular Hbond substituents is 1. The summed E-state index contributed by atoms with van der Waals surface area (Å²) in [6.07, 6.45) is 2.04. The highest BCUT2D eigenvalue weighted by Crippen LogP contribution is 2.28. The number of phenols is 1. The number of rotatable bonds is 3. The van der Waals surface area contributed by atoms with Gasteiger partial charge in [-0.15, -0.1) is 11.3 Å². The Bertz CT molecular complexity index is 773. The lowest BCUT2D eigenvalue weighted by Gasteiger charge is -2.12. The van der Waals surface area contributed by atoms with Gasteiger partial charge in [0.05, 0.1) is 17.9 Å². The summed E-state index contributed by atoms with van der Waals surface area (Å²) in [5, 5.41) is 15.4. The summed E-state index contributed by atoms with van der Waals surface area (Å²) < 4.78 is 2.11. The molecular weight excluding hydrogens is 270 g/mol. The summed E-state index contributed by atoms with van der Waals surface area (Å²) in [6, 6.07) is 3.93. The second-order valence-corrected chi connectivity index (χ2v) is 5.83. The van der Waals surface area contributed by atoms with Gasteiger partial charge in [-0.3, -0.25) is 4.40 Å². The first kappa shape index (κ1) is 13.0. The molecule has 3 rings (SSSR count). The number of benzene rings is 1. The molecule has 1 aromatic carbocycles. The number of aryl methyl sites for hydroxylation is 2. The van der Waals surface area contributed by atoms with Gasteiger partial charge in [0, 0.05) is 22.8 Å². The number of fused-ring (bicyclic) bond motifs is 1. The van der Waals surface area contributed by atoms with Gasteiger partial charge in [0.15, 0.2) is 4.96 Å². The van der Waals surface area contributed by atoms with Crippen molar-refractivity contribution in [1.82, 2.24) is 9.38 Å². The van der Waals surface area contributed by atoms with E-state index in [1.807, 2.05) is 44.5 Å². The predicted molar refractivity (Wildman–Crippen MR) is 82.7 cm³/mol. The first-order valence-corrected chi connectivity index (χ1v) is 7.40. The highest BCUT2D eigenvalue weighted by Gasteiger charge is 2.11. The third kappa shape index (κ3) is 2.04. The van der Waals surface area contributed by atoms with Crippen LogP contribution in [0.1, 0.15) is 22.5 Å². The maximum absolute atomic E-state index is 9.98. The summed E-state index contributed by atoms with van der Waals surface area (Å²) in [4.78, 5) is 5.55. The van der Waals surface area contributed by atoms with Crippen LogP contribution in [0.4, 0.5) is 5.69 Å². The van der Waals surface area contributed by atoms with Gasteiger partial charge in [-0.05, 0) is 32.4 Å². The Morgan fingerprint density at radius 1 is 1.30 bits per heavy atom. The Kier molecular flexibility index (Phi) is 3.14. The monoisotopic (exact) mass is 287 g/mol. The lowest BCUT2D eigenvalue weighted by molar-refractivity contribution is 0.467. The van der Waals surface area contributed by atoms with E-state index >= 15 is 0 Å². The van der Waals surface area contributed by atoms with E-state index in [2.05, 4.69) is 14.7 Å². The van der Waals surface area contributed by atoms with Crippen LogP contribution >= 0.6 is 11.3 Å². The zero-order chi connectivity index (χ0) is 14.3. The molecule has 0 bridgehead atoms. The van der Waals surface area contributed by atoms with E-state index in [1.165, 1.54) is 0 Å². The molecule has 0 aliphatic carbocycles. The van der Waals surface area contributed by atoms with Gasteiger partial charge in [0.2, 0.25) is 0 Å². The van der Waals surface area contributed by atoms with Gasteiger partial charge >= 0.3 is 0 Å². The van der Waals surface area contributed by atoms with E-state index < -0.39 is 0 Å². The van der Waals surface area contributed by atoms with Crippen molar-refractivity contribution in [2.24, 2.45) is 0 Å². The molecule has 0 radical (unpaired) electrons. The van der Waals surface area contributed by atoms with Crippen LogP contribution in [0.25, 0.3) is 4.96 Å². The van der Waals surface area contributed by atoms with Gasteiger partial charge in [-0.25, -0.2) is 4.98 Å². The van der Waals surface area contributed by atoms with E-state index in [1.54, 1.807) is 11.3 Å².